The number of benzene rings is 1. The van der Waals surface area contributed by atoms with Crippen LogP contribution in [-0.2, 0) is 6.42 Å². The maximum Gasteiger partial charge on any atom is 0.122 e. The van der Waals surface area contributed by atoms with E-state index in [4.69, 9.17) is 4.74 Å². The summed E-state index contributed by atoms with van der Waals surface area (Å²) in [4.78, 5) is 0. The normalized spacial score (nSPS) is 9.86. The fourth-order valence-corrected chi connectivity index (χ4v) is 1.79. The van der Waals surface area contributed by atoms with Gasteiger partial charge in [0.15, 0.2) is 0 Å². The van der Waals surface area contributed by atoms with Crippen molar-refractivity contribution in [2.24, 2.45) is 0 Å². The molecule has 0 radical (unpaired) electrons. The van der Waals surface area contributed by atoms with E-state index in [1.807, 2.05) is 18.2 Å². The SMILES string of the molecule is C=CCCCc1cc(Br)ccc1OC. The van der Waals surface area contributed by atoms with Gasteiger partial charge in [0.1, 0.15) is 5.75 Å². The Morgan fingerprint density at radius 1 is 1.50 bits per heavy atom. The number of ether oxygens (including phenoxy) is 1. The van der Waals surface area contributed by atoms with Crippen LogP contribution in [0, 0.1) is 0 Å². The number of aryl methyl sites for hydroxylation is 1. The summed E-state index contributed by atoms with van der Waals surface area (Å²) in [5.74, 6) is 0.970. The first-order chi connectivity index (χ1) is 6.77. The van der Waals surface area contributed by atoms with Crippen molar-refractivity contribution in [1.29, 1.82) is 0 Å². The lowest BCUT2D eigenvalue weighted by atomic mass is 10.1. The lowest BCUT2D eigenvalue weighted by Crippen LogP contribution is -1.92. The third kappa shape index (κ3) is 3.18. The Bertz CT molecular complexity index is 307. The van der Waals surface area contributed by atoms with E-state index in [0.29, 0.717) is 0 Å². The van der Waals surface area contributed by atoms with Crippen LogP contribution in [0.1, 0.15) is 18.4 Å². The Balaban J connectivity index is 2.71. The van der Waals surface area contributed by atoms with E-state index in [1.165, 1.54) is 5.56 Å². The maximum atomic E-state index is 5.28. The minimum absolute atomic E-state index is 0.970. The molecule has 1 rings (SSSR count). The molecule has 0 saturated carbocycles. The van der Waals surface area contributed by atoms with E-state index < -0.39 is 0 Å². The van der Waals surface area contributed by atoms with Crippen LogP contribution in [0.25, 0.3) is 0 Å². The van der Waals surface area contributed by atoms with Gasteiger partial charge in [-0.2, -0.15) is 0 Å². The smallest absolute Gasteiger partial charge is 0.122 e. The van der Waals surface area contributed by atoms with Crippen LogP contribution in [0.4, 0.5) is 0 Å². The average molecular weight is 255 g/mol. The van der Waals surface area contributed by atoms with Gasteiger partial charge in [0.2, 0.25) is 0 Å². The molecule has 0 bridgehead atoms. The molecule has 0 aliphatic rings. The highest BCUT2D eigenvalue weighted by atomic mass is 79.9. The van der Waals surface area contributed by atoms with Crippen LogP contribution in [0.3, 0.4) is 0 Å². The van der Waals surface area contributed by atoms with Gasteiger partial charge in [-0.3, -0.25) is 0 Å². The average Bonchev–Trinajstić information content (AvgIpc) is 2.19. The number of unbranched alkanes of at least 4 members (excludes halogenated alkanes) is 1. The van der Waals surface area contributed by atoms with Crippen molar-refractivity contribution in [1.82, 2.24) is 0 Å². The van der Waals surface area contributed by atoms with E-state index in [9.17, 15) is 0 Å². The molecule has 0 aliphatic heterocycles. The Morgan fingerprint density at radius 2 is 2.29 bits per heavy atom. The van der Waals surface area contributed by atoms with Crippen LogP contribution in [0.15, 0.2) is 35.3 Å². The van der Waals surface area contributed by atoms with Crippen molar-refractivity contribution in [3.63, 3.8) is 0 Å². The third-order valence-corrected chi connectivity index (χ3v) is 2.59. The lowest BCUT2D eigenvalue weighted by molar-refractivity contribution is 0.409. The van der Waals surface area contributed by atoms with E-state index in [2.05, 4.69) is 28.6 Å². The Labute approximate surface area is 93.9 Å². The Morgan fingerprint density at radius 3 is 2.93 bits per heavy atom. The highest BCUT2D eigenvalue weighted by molar-refractivity contribution is 9.10. The zero-order chi connectivity index (χ0) is 10.4. The van der Waals surface area contributed by atoms with Crippen LogP contribution in [-0.4, -0.2) is 7.11 Å². The zero-order valence-corrected chi connectivity index (χ0v) is 10.0. The second-order valence-corrected chi connectivity index (χ2v) is 4.05. The molecule has 0 unspecified atom stereocenters. The lowest BCUT2D eigenvalue weighted by Gasteiger charge is -2.08. The maximum absolute atomic E-state index is 5.28. The van der Waals surface area contributed by atoms with Gasteiger partial charge in [-0.15, -0.1) is 6.58 Å². The quantitative estimate of drug-likeness (QED) is 0.571. The number of allylic oxidation sites excluding steroid dienone is 1. The number of hydrogen-bond acceptors (Lipinski definition) is 1. The van der Waals surface area contributed by atoms with Crippen LogP contribution < -0.4 is 4.74 Å². The summed E-state index contributed by atoms with van der Waals surface area (Å²) in [6.07, 6.45) is 5.16. The molecule has 0 fully saturated rings. The van der Waals surface area contributed by atoms with Gasteiger partial charge in [0.05, 0.1) is 7.11 Å². The summed E-state index contributed by atoms with van der Waals surface area (Å²) in [5, 5.41) is 0. The molecule has 0 atom stereocenters. The predicted molar refractivity (Wildman–Crippen MR) is 63.8 cm³/mol. The minimum Gasteiger partial charge on any atom is -0.496 e. The van der Waals surface area contributed by atoms with Gasteiger partial charge in [-0.05, 0) is 43.0 Å². The minimum atomic E-state index is 0.970. The number of rotatable bonds is 5. The summed E-state index contributed by atoms with van der Waals surface area (Å²) in [6.45, 7) is 3.71. The van der Waals surface area contributed by atoms with Crippen LogP contribution in [0.5, 0.6) is 5.75 Å². The molecular formula is C12H15BrO. The van der Waals surface area contributed by atoms with Gasteiger partial charge < -0.3 is 4.74 Å². The Kier molecular flexibility index (Phi) is 4.74. The summed E-state index contributed by atoms with van der Waals surface area (Å²) in [6, 6.07) is 6.10. The monoisotopic (exact) mass is 254 g/mol. The third-order valence-electron chi connectivity index (χ3n) is 2.10. The van der Waals surface area contributed by atoms with Crippen molar-refractivity contribution in [2.75, 3.05) is 7.11 Å². The van der Waals surface area contributed by atoms with Gasteiger partial charge >= 0.3 is 0 Å². The second-order valence-electron chi connectivity index (χ2n) is 3.14. The topological polar surface area (TPSA) is 9.23 Å². The van der Waals surface area contributed by atoms with Crippen LogP contribution in [0.2, 0.25) is 0 Å². The molecule has 0 amide bonds. The highest BCUT2D eigenvalue weighted by Crippen LogP contribution is 2.24. The van der Waals surface area contributed by atoms with Gasteiger partial charge in [-0.25, -0.2) is 0 Å². The van der Waals surface area contributed by atoms with Gasteiger partial charge in [0, 0.05) is 4.47 Å². The van der Waals surface area contributed by atoms with Crippen molar-refractivity contribution < 1.29 is 4.74 Å². The summed E-state index contributed by atoms with van der Waals surface area (Å²) >= 11 is 3.46. The largest absolute Gasteiger partial charge is 0.496 e. The number of methoxy groups -OCH3 is 1. The molecular weight excluding hydrogens is 240 g/mol. The predicted octanol–water partition coefficient (Wildman–Crippen LogP) is 3.97. The van der Waals surface area contributed by atoms with Crippen molar-refractivity contribution >= 4 is 15.9 Å². The van der Waals surface area contributed by atoms with Gasteiger partial charge in [-0.1, -0.05) is 22.0 Å². The summed E-state index contributed by atoms with van der Waals surface area (Å²) in [7, 11) is 1.71. The van der Waals surface area contributed by atoms with Crippen molar-refractivity contribution in [2.45, 2.75) is 19.3 Å². The molecule has 1 nitrogen and oxygen atoms in total. The van der Waals surface area contributed by atoms with Crippen molar-refractivity contribution in [3.8, 4) is 5.75 Å². The first-order valence-corrected chi connectivity index (χ1v) is 5.50. The summed E-state index contributed by atoms with van der Waals surface area (Å²) in [5.41, 5.74) is 1.25. The zero-order valence-electron chi connectivity index (χ0n) is 8.42. The molecule has 0 heterocycles. The van der Waals surface area contributed by atoms with E-state index in [-0.39, 0.29) is 0 Å². The molecule has 1 aromatic carbocycles. The molecule has 0 spiro atoms. The standard InChI is InChI=1S/C12H15BrO/c1-3-4-5-6-10-9-11(13)7-8-12(10)14-2/h3,7-9H,1,4-6H2,2H3. The van der Waals surface area contributed by atoms with Crippen LogP contribution >= 0.6 is 15.9 Å². The van der Waals surface area contributed by atoms with E-state index >= 15 is 0 Å². The van der Waals surface area contributed by atoms with E-state index in [1.54, 1.807) is 7.11 Å². The number of hydrogen-bond donors (Lipinski definition) is 0. The fraction of sp³-hybridized carbons (Fsp3) is 0.333. The molecule has 0 aromatic heterocycles. The first kappa shape index (κ1) is 11.3. The molecule has 0 saturated heterocycles. The Hall–Kier alpha value is -0.760. The second kappa shape index (κ2) is 5.86. The number of halogens is 1. The molecule has 1 aromatic rings. The fourth-order valence-electron chi connectivity index (χ4n) is 1.38. The molecule has 0 N–H and O–H groups in total. The highest BCUT2D eigenvalue weighted by Gasteiger charge is 2.02. The molecule has 76 valence electrons. The summed E-state index contributed by atoms with van der Waals surface area (Å²) < 4.78 is 6.39. The van der Waals surface area contributed by atoms with Crippen molar-refractivity contribution in [3.05, 3.63) is 40.9 Å². The van der Waals surface area contributed by atoms with Gasteiger partial charge in [0.25, 0.3) is 0 Å². The molecule has 2 heteroatoms. The molecule has 14 heavy (non-hydrogen) atoms. The van der Waals surface area contributed by atoms with E-state index in [0.717, 1.165) is 29.5 Å². The first-order valence-electron chi connectivity index (χ1n) is 4.71. The molecule has 0 aliphatic carbocycles.